The molecule has 0 amide bonds. The number of nitrogens with zero attached hydrogens (tertiary/aromatic N) is 2. The van der Waals surface area contributed by atoms with Gasteiger partial charge in [-0.05, 0) is 19.3 Å². The van der Waals surface area contributed by atoms with Crippen LogP contribution in [0.2, 0.25) is 0 Å². The van der Waals surface area contributed by atoms with Gasteiger partial charge in [0.25, 0.3) is 0 Å². The van der Waals surface area contributed by atoms with E-state index in [2.05, 4.69) is 29.2 Å². The zero-order valence-corrected chi connectivity index (χ0v) is 10.0. The van der Waals surface area contributed by atoms with E-state index in [-0.39, 0.29) is 0 Å². The lowest BCUT2D eigenvalue weighted by molar-refractivity contribution is 0.259. The summed E-state index contributed by atoms with van der Waals surface area (Å²) in [5.74, 6) is 6.12. The first kappa shape index (κ1) is 10.9. The number of nitrogen functional groups attached to an aromatic ring is 1. The van der Waals surface area contributed by atoms with Gasteiger partial charge in [-0.2, -0.15) is 0 Å². The lowest BCUT2D eigenvalue weighted by atomic mass is 10.1. The molecule has 1 aromatic rings. The quantitative estimate of drug-likeness (QED) is 0.608. The molecule has 3 N–H and O–H groups in total. The molecule has 0 radical (unpaired) electrons. The smallest absolute Gasteiger partial charge is 0.197 e. The molecule has 1 aliphatic rings. The minimum atomic E-state index is 0.691. The van der Waals surface area contributed by atoms with Crippen molar-refractivity contribution in [2.75, 3.05) is 12.0 Å². The molecule has 2 unspecified atom stereocenters. The van der Waals surface area contributed by atoms with Crippen molar-refractivity contribution in [3.8, 4) is 0 Å². The molecule has 0 spiro atoms. The second kappa shape index (κ2) is 4.47. The van der Waals surface area contributed by atoms with Crippen molar-refractivity contribution in [3.63, 3.8) is 0 Å². The summed E-state index contributed by atoms with van der Waals surface area (Å²) in [4.78, 5) is 7.97. The molecule has 0 aromatic carbocycles. The van der Waals surface area contributed by atoms with Crippen LogP contribution in [-0.2, 0) is 6.54 Å². The van der Waals surface area contributed by atoms with Crippen LogP contribution in [0.1, 0.15) is 25.1 Å². The molecule has 2 rings (SSSR count). The number of hydrogen-bond acceptors (Lipinski definition) is 5. The molecule has 5 heteroatoms. The molecule has 4 nitrogen and oxygen atoms in total. The number of anilines is 1. The minimum absolute atomic E-state index is 0.691. The number of nitrogens with two attached hydrogens (primary N) is 1. The van der Waals surface area contributed by atoms with Gasteiger partial charge in [0, 0.05) is 30.2 Å². The molecule has 15 heavy (non-hydrogen) atoms. The van der Waals surface area contributed by atoms with Crippen molar-refractivity contribution in [1.82, 2.24) is 9.88 Å². The Hall–Kier alpha value is -0.650. The van der Waals surface area contributed by atoms with E-state index in [9.17, 15) is 0 Å². The zero-order valence-electron chi connectivity index (χ0n) is 9.23. The van der Waals surface area contributed by atoms with Crippen LogP contribution in [0.15, 0.2) is 6.20 Å². The first-order chi connectivity index (χ1) is 7.19. The predicted octanol–water partition coefficient (Wildman–Crippen LogP) is 1.66. The molecule has 0 saturated carbocycles. The molecule has 84 valence electrons. The van der Waals surface area contributed by atoms with Crippen LogP contribution in [0, 0.1) is 5.92 Å². The Morgan fingerprint density at radius 3 is 3.00 bits per heavy atom. The van der Waals surface area contributed by atoms with E-state index < -0.39 is 0 Å². The Balaban J connectivity index is 1.96. The maximum atomic E-state index is 5.30. The fourth-order valence-electron chi connectivity index (χ4n) is 2.25. The summed E-state index contributed by atoms with van der Waals surface area (Å²) in [6.45, 7) is 6.82. The molecule has 0 aliphatic carbocycles. The summed E-state index contributed by atoms with van der Waals surface area (Å²) in [6, 6.07) is 0.691. The first-order valence-corrected chi connectivity index (χ1v) is 6.16. The number of thiazole rings is 1. The van der Waals surface area contributed by atoms with Gasteiger partial charge in [-0.25, -0.2) is 10.8 Å². The molecule has 1 fully saturated rings. The molecule has 1 aliphatic heterocycles. The van der Waals surface area contributed by atoms with Crippen LogP contribution in [-0.4, -0.2) is 22.5 Å². The number of rotatable bonds is 3. The van der Waals surface area contributed by atoms with Gasteiger partial charge in [0.2, 0.25) is 0 Å². The minimum Gasteiger partial charge on any atom is -0.300 e. The van der Waals surface area contributed by atoms with E-state index in [1.165, 1.54) is 17.8 Å². The lowest BCUT2D eigenvalue weighted by Crippen LogP contribution is -2.26. The van der Waals surface area contributed by atoms with Crippen LogP contribution in [0.5, 0.6) is 0 Å². The third kappa shape index (κ3) is 2.48. The Bertz CT molecular complexity index is 325. The summed E-state index contributed by atoms with van der Waals surface area (Å²) in [7, 11) is 0. The van der Waals surface area contributed by atoms with Gasteiger partial charge in [-0.3, -0.25) is 10.3 Å². The summed E-state index contributed by atoms with van der Waals surface area (Å²) in [5, 5.41) is 0.796. The average molecular weight is 226 g/mol. The second-order valence-corrected chi connectivity index (χ2v) is 5.51. The topological polar surface area (TPSA) is 54.2 Å². The van der Waals surface area contributed by atoms with E-state index in [0.717, 1.165) is 17.6 Å². The fraction of sp³-hybridized carbons (Fsp3) is 0.700. The fourth-order valence-corrected chi connectivity index (χ4v) is 3.00. The molecular weight excluding hydrogens is 208 g/mol. The van der Waals surface area contributed by atoms with E-state index in [1.807, 2.05) is 6.20 Å². The van der Waals surface area contributed by atoms with Crippen LogP contribution in [0.3, 0.4) is 0 Å². The van der Waals surface area contributed by atoms with Gasteiger partial charge in [0.05, 0.1) is 0 Å². The van der Waals surface area contributed by atoms with Crippen molar-refractivity contribution in [3.05, 3.63) is 11.1 Å². The monoisotopic (exact) mass is 226 g/mol. The standard InChI is InChI=1S/C10H18N4S/c1-7-3-8(2)14(5-7)6-9-4-12-10(13-11)15-9/h4,7-8H,3,5-6,11H2,1-2H3,(H,12,13). The molecule has 2 atom stereocenters. The van der Waals surface area contributed by atoms with Gasteiger partial charge >= 0.3 is 0 Å². The molecule has 0 bridgehead atoms. The van der Waals surface area contributed by atoms with E-state index in [4.69, 9.17) is 5.84 Å². The predicted molar refractivity (Wildman–Crippen MR) is 63.6 cm³/mol. The van der Waals surface area contributed by atoms with Crippen molar-refractivity contribution < 1.29 is 0 Å². The molecule has 2 heterocycles. The highest BCUT2D eigenvalue weighted by Gasteiger charge is 2.26. The number of hydrazine groups is 1. The van der Waals surface area contributed by atoms with Gasteiger partial charge in [-0.15, -0.1) is 0 Å². The third-order valence-electron chi connectivity index (χ3n) is 2.95. The summed E-state index contributed by atoms with van der Waals surface area (Å²) >= 11 is 1.63. The molecular formula is C10H18N4S. The first-order valence-electron chi connectivity index (χ1n) is 5.34. The Kier molecular flexibility index (Phi) is 3.23. The van der Waals surface area contributed by atoms with Crippen molar-refractivity contribution in [1.29, 1.82) is 0 Å². The van der Waals surface area contributed by atoms with Gasteiger partial charge in [0.15, 0.2) is 5.13 Å². The van der Waals surface area contributed by atoms with Crippen molar-refractivity contribution in [2.45, 2.75) is 32.9 Å². The van der Waals surface area contributed by atoms with Gasteiger partial charge < -0.3 is 0 Å². The Labute approximate surface area is 94.5 Å². The van der Waals surface area contributed by atoms with E-state index in [0.29, 0.717) is 6.04 Å². The Morgan fingerprint density at radius 2 is 2.47 bits per heavy atom. The molecule has 1 saturated heterocycles. The third-order valence-corrected chi connectivity index (χ3v) is 3.86. The highest BCUT2D eigenvalue weighted by Crippen LogP contribution is 2.26. The highest BCUT2D eigenvalue weighted by atomic mass is 32.1. The van der Waals surface area contributed by atoms with Gasteiger partial charge in [-0.1, -0.05) is 18.3 Å². The number of nitrogens with one attached hydrogen (secondary N) is 1. The average Bonchev–Trinajstić information content (AvgIpc) is 2.75. The van der Waals surface area contributed by atoms with Gasteiger partial charge in [0.1, 0.15) is 0 Å². The summed E-state index contributed by atoms with van der Waals surface area (Å²) < 4.78 is 0. The van der Waals surface area contributed by atoms with E-state index >= 15 is 0 Å². The normalized spacial score (nSPS) is 27.1. The SMILES string of the molecule is CC1CC(C)N(Cc2cnc(NN)s2)C1. The van der Waals surface area contributed by atoms with E-state index in [1.54, 1.807) is 11.3 Å². The maximum Gasteiger partial charge on any atom is 0.197 e. The largest absolute Gasteiger partial charge is 0.300 e. The van der Waals surface area contributed by atoms with Crippen molar-refractivity contribution >= 4 is 16.5 Å². The highest BCUT2D eigenvalue weighted by molar-refractivity contribution is 7.15. The number of likely N-dealkylation sites (tertiary alicyclic amines) is 1. The maximum absolute atomic E-state index is 5.30. The summed E-state index contributed by atoms with van der Waals surface area (Å²) in [5.41, 5.74) is 2.58. The van der Waals surface area contributed by atoms with Crippen LogP contribution >= 0.6 is 11.3 Å². The van der Waals surface area contributed by atoms with Crippen LogP contribution in [0.25, 0.3) is 0 Å². The zero-order chi connectivity index (χ0) is 10.8. The molecule has 1 aromatic heterocycles. The summed E-state index contributed by atoms with van der Waals surface area (Å²) in [6.07, 6.45) is 3.22. The lowest BCUT2D eigenvalue weighted by Gasteiger charge is -2.19. The van der Waals surface area contributed by atoms with Crippen LogP contribution in [0.4, 0.5) is 5.13 Å². The number of hydrogen-bond donors (Lipinski definition) is 2. The number of aromatic nitrogens is 1. The Morgan fingerprint density at radius 1 is 1.67 bits per heavy atom. The van der Waals surface area contributed by atoms with Crippen molar-refractivity contribution in [2.24, 2.45) is 11.8 Å². The second-order valence-electron chi connectivity index (χ2n) is 4.40. The van der Waals surface area contributed by atoms with Crippen LogP contribution < -0.4 is 11.3 Å².